The van der Waals surface area contributed by atoms with Gasteiger partial charge in [-0.2, -0.15) is 4.98 Å². The Kier molecular flexibility index (Phi) is 5.58. The highest BCUT2D eigenvalue weighted by molar-refractivity contribution is 5.81. The van der Waals surface area contributed by atoms with E-state index in [4.69, 9.17) is 18.9 Å². The molecule has 1 amide bonds. The number of imidazole rings is 1. The predicted octanol–water partition coefficient (Wildman–Crippen LogP) is 2.56. The lowest BCUT2D eigenvalue weighted by atomic mass is 10.0. The lowest BCUT2D eigenvalue weighted by Gasteiger charge is -2.18. The first kappa shape index (κ1) is 20.8. The van der Waals surface area contributed by atoms with Crippen molar-refractivity contribution in [3.63, 3.8) is 0 Å². The molecule has 0 unspecified atom stereocenters. The summed E-state index contributed by atoms with van der Waals surface area (Å²) in [7, 11) is 6.61. The first-order valence-electron chi connectivity index (χ1n) is 10.0. The van der Waals surface area contributed by atoms with Crippen LogP contribution in [0, 0.1) is 5.92 Å². The van der Waals surface area contributed by atoms with Crippen molar-refractivity contribution in [3.8, 4) is 34.5 Å². The maximum atomic E-state index is 11.5. The van der Waals surface area contributed by atoms with E-state index in [2.05, 4.69) is 15.3 Å². The molecule has 2 atom stereocenters. The molecular formula is C22H26N4O5. The Hall–Kier alpha value is -3.49. The molecule has 0 aliphatic carbocycles. The van der Waals surface area contributed by atoms with Gasteiger partial charge in [-0.15, -0.1) is 0 Å². The summed E-state index contributed by atoms with van der Waals surface area (Å²) in [6, 6.07) is 6.09. The van der Waals surface area contributed by atoms with Crippen molar-refractivity contribution in [2.24, 2.45) is 13.0 Å². The Bertz CT molecular complexity index is 1100. The fourth-order valence-corrected chi connectivity index (χ4v) is 3.78. The van der Waals surface area contributed by atoms with Crippen molar-refractivity contribution in [1.82, 2.24) is 19.9 Å². The number of aromatic nitrogens is 3. The molecule has 0 spiro atoms. The summed E-state index contributed by atoms with van der Waals surface area (Å²) in [6.45, 7) is 2.58. The van der Waals surface area contributed by atoms with Gasteiger partial charge in [0, 0.05) is 31.5 Å². The molecule has 1 N–H and O–H groups in total. The van der Waals surface area contributed by atoms with Gasteiger partial charge in [0.25, 0.3) is 6.01 Å². The van der Waals surface area contributed by atoms with Gasteiger partial charge >= 0.3 is 0 Å². The summed E-state index contributed by atoms with van der Waals surface area (Å²) < 4.78 is 24.2. The molecule has 9 heteroatoms. The van der Waals surface area contributed by atoms with E-state index in [1.165, 1.54) is 0 Å². The second-order valence-electron chi connectivity index (χ2n) is 7.52. The van der Waals surface area contributed by atoms with Crippen LogP contribution in [-0.4, -0.2) is 54.4 Å². The van der Waals surface area contributed by atoms with E-state index in [-0.39, 0.29) is 17.9 Å². The zero-order valence-electron chi connectivity index (χ0n) is 18.3. The van der Waals surface area contributed by atoms with Gasteiger partial charge in [-0.05, 0) is 25.1 Å². The van der Waals surface area contributed by atoms with Crippen molar-refractivity contribution in [2.75, 3.05) is 27.9 Å². The number of rotatable bonds is 7. The third-order valence-corrected chi connectivity index (χ3v) is 5.65. The van der Waals surface area contributed by atoms with Crippen molar-refractivity contribution >= 4 is 16.9 Å². The minimum Gasteiger partial charge on any atom is -0.493 e. The van der Waals surface area contributed by atoms with Crippen LogP contribution in [0.15, 0.2) is 24.4 Å². The number of ether oxygens (including phenoxy) is 4. The first-order valence-corrected chi connectivity index (χ1v) is 10.0. The van der Waals surface area contributed by atoms with Gasteiger partial charge in [-0.1, -0.05) is 0 Å². The summed E-state index contributed by atoms with van der Waals surface area (Å²) in [5.74, 6) is 1.82. The number of hydrogen-bond donors (Lipinski definition) is 1. The van der Waals surface area contributed by atoms with Crippen LogP contribution in [0.4, 0.5) is 0 Å². The molecule has 0 bridgehead atoms. The Morgan fingerprint density at radius 3 is 2.42 bits per heavy atom. The topological polar surface area (TPSA) is 96.7 Å². The number of nitrogens with zero attached hydrogens (tertiary/aromatic N) is 3. The van der Waals surface area contributed by atoms with E-state index in [1.807, 2.05) is 36.7 Å². The Morgan fingerprint density at radius 1 is 1.13 bits per heavy atom. The van der Waals surface area contributed by atoms with Crippen molar-refractivity contribution in [2.45, 2.75) is 19.4 Å². The van der Waals surface area contributed by atoms with Crippen molar-refractivity contribution in [3.05, 3.63) is 24.4 Å². The zero-order valence-corrected chi connectivity index (χ0v) is 18.3. The molecule has 3 heterocycles. The smallest absolute Gasteiger partial charge is 0.297 e. The van der Waals surface area contributed by atoms with Crippen LogP contribution < -0.4 is 24.3 Å². The highest BCUT2D eigenvalue weighted by Gasteiger charge is 2.29. The molecule has 4 rings (SSSR count). The van der Waals surface area contributed by atoms with Gasteiger partial charge in [0.05, 0.1) is 44.3 Å². The third-order valence-electron chi connectivity index (χ3n) is 5.65. The quantitative estimate of drug-likeness (QED) is 0.620. The van der Waals surface area contributed by atoms with Crippen LogP contribution in [0.1, 0.15) is 13.3 Å². The molecule has 0 saturated carbocycles. The van der Waals surface area contributed by atoms with Gasteiger partial charge in [0.2, 0.25) is 11.7 Å². The summed E-state index contributed by atoms with van der Waals surface area (Å²) in [4.78, 5) is 20.8. The maximum absolute atomic E-state index is 11.5. The summed E-state index contributed by atoms with van der Waals surface area (Å²) >= 11 is 0. The number of carbonyl (C=O) groups is 1. The maximum Gasteiger partial charge on any atom is 0.297 e. The molecule has 1 aromatic carbocycles. The normalized spacial score (nSPS) is 16.8. The Labute approximate surface area is 180 Å². The lowest BCUT2D eigenvalue weighted by Crippen LogP contribution is -2.26. The van der Waals surface area contributed by atoms with Crippen LogP contribution in [0.2, 0.25) is 0 Å². The highest BCUT2D eigenvalue weighted by Crippen LogP contribution is 2.41. The molecule has 9 nitrogen and oxygen atoms in total. The number of carbonyl (C=O) groups excluding carboxylic acids is 1. The number of benzene rings is 1. The molecule has 2 aromatic heterocycles. The van der Waals surface area contributed by atoms with E-state index in [9.17, 15) is 4.79 Å². The Morgan fingerprint density at radius 2 is 1.84 bits per heavy atom. The fourth-order valence-electron chi connectivity index (χ4n) is 3.78. The second kappa shape index (κ2) is 8.33. The molecule has 1 aliphatic heterocycles. The van der Waals surface area contributed by atoms with Gasteiger partial charge in [-0.3, -0.25) is 14.3 Å². The average molecular weight is 426 g/mol. The number of amides is 1. The standard InChI is InChI=1S/C22H26N4O5/c1-12(14-8-20(27)24-10-14)31-22-25-16-9-15(23-11-17(16)26(22)2)13-6-18(28-3)21(30-5)19(7-13)29-4/h6-7,9,11-12,14H,8,10H2,1-5H3,(H,24,27)/t12-,14-/m1/s1. The summed E-state index contributed by atoms with van der Waals surface area (Å²) in [5.41, 5.74) is 3.13. The number of fused-ring (bicyclic) bond motifs is 1. The molecule has 0 radical (unpaired) electrons. The second-order valence-corrected chi connectivity index (χ2v) is 7.52. The largest absolute Gasteiger partial charge is 0.493 e. The van der Waals surface area contributed by atoms with Crippen molar-refractivity contribution in [1.29, 1.82) is 0 Å². The minimum absolute atomic E-state index is 0.0599. The number of aryl methyl sites for hydroxylation is 1. The third kappa shape index (κ3) is 3.83. The van der Waals surface area contributed by atoms with Gasteiger partial charge in [0.1, 0.15) is 6.10 Å². The highest BCUT2D eigenvalue weighted by atomic mass is 16.5. The van der Waals surface area contributed by atoms with Gasteiger partial charge in [0.15, 0.2) is 11.5 Å². The number of hydrogen-bond acceptors (Lipinski definition) is 7. The average Bonchev–Trinajstić information content (AvgIpc) is 3.35. The zero-order chi connectivity index (χ0) is 22.1. The molecular weight excluding hydrogens is 400 g/mol. The molecule has 3 aromatic rings. The number of nitrogens with one attached hydrogen (secondary N) is 1. The van der Waals surface area contributed by atoms with Crippen LogP contribution in [0.3, 0.4) is 0 Å². The minimum atomic E-state index is -0.142. The molecule has 31 heavy (non-hydrogen) atoms. The van der Waals surface area contributed by atoms with Gasteiger partial charge in [-0.25, -0.2) is 0 Å². The Balaban J connectivity index is 1.67. The predicted molar refractivity (Wildman–Crippen MR) is 115 cm³/mol. The lowest BCUT2D eigenvalue weighted by molar-refractivity contribution is -0.119. The van der Waals surface area contributed by atoms with E-state index in [0.29, 0.717) is 36.2 Å². The monoisotopic (exact) mass is 426 g/mol. The fraction of sp³-hybridized carbons (Fsp3) is 0.409. The first-order chi connectivity index (χ1) is 14.9. The van der Waals surface area contributed by atoms with Crippen LogP contribution in [0.25, 0.3) is 22.3 Å². The van der Waals surface area contributed by atoms with E-state index in [0.717, 1.165) is 22.3 Å². The molecule has 1 saturated heterocycles. The van der Waals surface area contributed by atoms with Crippen LogP contribution in [0.5, 0.6) is 23.3 Å². The van der Waals surface area contributed by atoms with Crippen molar-refractivity contribution < 1.29 is 23.7 Å². The SMILES string of the molecule is COc1cc(-c2cc3nc(O[C@H](C)[C@H]4CNC(=O)C4)n(C)c3cn2)cc(OC)c1OC. The molecule has 1 fully saturated rings. The summed E-state index contributed by atoms with van der Waals surface area (Å²) in [5, 5.41) is 2.84. The number of pyridine rings is 1. The van der Waals surface area contributed by atoms with E-state index >= 15 is 0 Å². The number of methoxy groups -OCH3 is 3. The van der Waals surface area contributed by atoms with Gasteiger partial charge < -0.3 is 24.3 Å². The molecule has 1 aliphatic rings. The van der Waals surface area contributed by atoms with Crippen LogP contribution >= 0.6 is 0 Å². The van der Waals surface area contributed by atoms with E-state index < -0.39 is 0 Å². The van der Waals surface area contributed by atoms with E-state index in [1.54, 1.807) is 27.5 Å². The summed E-state index contributed by atoms with van der Waals surface area (Å²) in [6.07, 6.45) is 2.09. The molecule has 164 valence electrons. The van der Waals surface area contributed by atoms with Crippen LogP contribution in [-0.2, 0) is 11.8 Å².